The molecule has 0 aliphatic heterocycles. The highest BCUT2D eigenvalue weighted by molar-refractivity contribution is 9.10. The molecule has 0 saturated carbocycles. The third kappa shape index (κ3) is 5.33. The minimum absolute atomic E-state index is 0.131. The molecule has 132 valence electrons. The molecule has 0 aromatic heterocycles. The number of hydrogen-bond acceptors (Lipinski definition) is 4. The topological polar surface area (TPSA) is 79.2 Å². The molecule has 26 heavy (non-hydrogen) atoms. The van der Waals surface area contributed by atoms with Crippen LogP contribution in [0.3, 0.4) is 0 Å². The number of hydrogen-bond donors (Lipinski definition) is 1. The number of rotatable bonds is 4. The standard InChI is InChI=1S/C18H11BrCl2N2O3/c1-10(24)26-17-5-2-11(7-14(17)19)6-12(9-22)18(25)23-16-8-13(20)3-4-15(16)21/h2-8H,1H3,(H,23,25)/b12-6-. The van der Waals surface area contributed by atoms with Gasteiger partial charge in [0.1, 0.15) is 17.4 Å². The Balaban J connectivity index is 2.25. The van der Waals surface area contributed by atoms with E-state index in [9.17, 15) is 14.9 Å². The molecule has 8 heteroatoms. The van der Waals surface area contributed by atoms with Crippen molar-refractivity contribution >= 4 is 62.8 Å². The van der Waals surface area contributed by atoms with Gasteiger partial charge in [-0.05, 0) is 57.9 Å². The number of nitriles is 1. The molecule has 0 fully saturated rings. The van der Waals surface area contributed by atoms with E-state index in [0.717, 1.165) is 0 Å². The normalized spacial score (nSPS) is 10.8. The van der Waals surface area contributed by atoms with E-state index in [1.807, 2.05) is 6.07 Å². The second-order valence-electron chi connectivity index (χ2n) is 5.03. The first-order chi connectivity index (χ1) is 12.3. The number of carbonyl (C=O) groups excluding carboxylic acids is 2. The van der Waals surface area contributed by atoms with Crippen LogP contribution in [0.5, 0.6) is 5.75 Å². The van der Waals surface area contributed by atoms with E-state index < -0.39 is 11.9 Å². The van der Waals surface area contributed by atoms with Gasteiger partial charge in [0, 0.05) is 11.9 Å². The number of carbonyl (C=O) groups is 2. The maximum atomic E-state index is 12.3. The summed E-state index contributed by atoms with van der Waals surface area (Å²) >= 11 is 15.2. The largest absolute Gasteiger partial charge is 0.426 e. The molecule has 1 amide bonds. The lowest BCUT2D eigenvalue weighted by molar-refractivity contribution is -0.131. The van der Waals surface area contributed by atoms with E-state index in [1.54, 1.807) is 30.3 Å². The molecule has 0 aliphatic rings. The fourth-order valence-electron chi connectivity index (χ4n) is 1.94. The van der Waals surface area contributed by atoms with Crippen LogP contribution in [0.1, 0.15) is 12.5 Å². The number of esters is 1. The molecule has 0 bridgehead atoms. The molecule has 2 rings (SSSR count). The van der Waals surface area contributed by atoms with Gasteiger partial charge in [-0.25, -0.2) is 0 Å². The highest BCUT2D eigenvalue weighted by atomic mass is 79.9. The van der Waals surface area contributed by atoms with Crippen molar-refractivity contribution in [2.24, 2.45) is 0 Å². The van der Waals surface area contributed by atoms with Crippen molar-refractivity contribution in [1.29, 1.82) is 5.26 Å². The zero-order chi connectivity index (χ0) is 19.3. The van der Waals surface area contributed by atoms with Gasteiger partial charge in [-0.2, -0.15) is 5.26 Å². The quantitative estimate of drug-likeness (QED) is 0.297. The lowest BCUT2D eigenvalue weighted by atomic mass is 10.1. The second kappa shape index (κ2) is 8.86. The van der Waals surface area contributed by atoms with E-state index in [4.69, 9.17) is 27.9 Å². The predicted octanol–water partition coefficient (Wildman–Crippen LogP) is 5.23. The fraction of sp³-hybridized carbons (Fsp3) is 0.0556. The third-order valence-corrected chi connectivity index (χ3v) is 4.25. The average molecular weight is 454 g/mol. The Bertz CT molecular complexity index is 952. The van der Waals surface area contributed by atoms with Crippen LogP contribution in [0, 0.1) is 11.3 Å². The van der Waals surface area contributed by atoms with Crippen molar-refractivity contribution in [3.63, 3.8) is 0 Å². The van der Waals surface area contributed by atoms with Crippen molar-refractivity contribution in [3.05, 3.63) is 62.1 Å². The molecule has 2 aromatic rings. The van der Waals surface area contributed by atoms with E-state index in [-0.39, 0.29) is 5.57 Å². The minimum Gasteiger partial charge on any atom is -0.426 e. The number of halogens is 3. The van der Waals surface area contributed by atoms with E-state index >= 15 is 0 Å². The number of benzene rings is 2. The summed E-state index contributed by atoms with van der Waals surface area (Å²) in [7, 11) is 0. The molecular weight excluding hydrogens is 443 g/mol. The molecule has 1 N–H and O–H groups in total. The molecule has 5 nitrogen and oxygen atoms in total. The van der Waals surface area contributed by atoms with Crippen molar-refractivity contribution in [1.82, 2.24) is 0 Å². The maximum Gasteiger partial charge on any atom is 0.308 e. The van der Waals surface area contributed by atoms with Gasteiger partial charge in [-0.3, -0.25) is 9.59 Å². The van der Waals surface area contributed by atoms with Gasteiger partial charge < -0.3 is 10.1 Å². The first kappa shape index (κ1) is 20.0. The lowest BCUT2D eigenvalue weighted by Crippen LogP contribution is -2.13. The number of ether oxygens (including phenoxy) is 1. The summed E-state index contributed by atoms with van der Waals surface area (Å²) in [6.45, 7) is 1.29. The molecule has 2 aromatic carbocycles. The molecule has 0 heterocycles. The summed E-state index contributed by atoms with van der Waals surface area (Å²) in [4.78, 5) is 23.3. The van der Waals surface area contributed by atoms with E-state index in [0.29, 0.717) is 31.5 Å². The van der Waals surface area contributed by atoms with Gasteiger partial charge in [0.05, 0.1) is 15.2 Å². The van der Waals surface area contributed by atoms with Crippen LogP contribution >= 0.6 is 39.1 Å². The molecule has 0 saturated heterocycles. The third-order valence-electron chi connectivity index (χ3n) is 3.06. The van der Waals surface area contributed by atoms with Crippen molar-refractivity contribution < 1.29 is 14.3 Å². The molecule has 0 spiro atoms. The highest BCUT2D eigenvalue weighted by Gasteiger charge is 2.13. The Morgan fingerprint density at radius 3 is 2.58 bits per heavy atom. The van der Waals surface area contributed by atoms with Gasteiger partial charge in [-0.15, -0.1) is 0 Å². The molecule has 0 atom stereocenters. The second-order valence-corrected chi connectivity index (χ2v) is 6.73. The van der Waals surface area contributed by atoms with Crippen molar-refractivity contribution in [2.75, 3.05) is 5.32 Å². The van der Waals surface area contributed by atoms with Crippen LogP contribution in [-0.4, -0.2) is 11.9 Å². The zero-order valence-electron chi connectivity index (χ0n) is 13.3. The lowest BCUT2D eigenvalue weighted by Gasteiger charge is -2.08. The van der Waals surface area contributed by atoms with Gasteiger partial charge in [0.2, 0.25) is 0 Å². The Morgan fingerprint density at radius 2 is 1.96 bits per heavy atom. The number of nitrogens with one attached hydrogen (secondary N) is 1. The Hall–Kier alpha value is -2.33. The number of nitrogens with zero attached hydrogens (tertiary/aromatic N) is 1. The van der Waals surface area contributed by atoms with Crippen LogP contribution in [0.2, 0.25) is 10.0 Å². The summed E-state index contributed by atoms with van der Waals surface area (Å²) in [5, 5.41) is 12.5. The summed E-state index contributed by atoms with van der Waals surface area (Å²) in [6.07, 6.45) is 1.40. The summed E-state index contributed by atoms with van der Waals surface area (Å²) < 4.78 is 5.52. The smallest absolute Gasteiger partial charge is 0.308 e. The number of anilines is 1. The highest BCUT2D eigenvalue weighted by Crippen LogP contribution is 2.28. The van der Waals surface area contributed by atoms with Crippen LogP contribution in [0.25, 0.3) is 6.08 Å². The van der Waals surface area contributed by atoms with Crippen molar-refractivity contribution in [3.8, 4) is 11.8 Å². The molecule has 0 unspecified atom stereocenters. The first-order valence-electron chi connectivity index (χ1n) is 7.16. The van der Waals surface area contributed by atoms with Crippen LogP contribution < -0.4 is 10.1 Å². The van der Waals surface area contributed by atoms with Gasteiger partial charge >= 0.3 is 5.97 Å². The van der Waals surface area contributed by atoms with Gasteiger partial charge in [-0.1, -0.05) is 29.3 Å². The van der Waals surface area contributed by atoms with Gasteiger partial charge in [0.25, 0.3) is 5.91 Å². The summed E-state index contributed by atoms with van der Waals surface area (Å²) in [6, 6.07) is 11.2. The fourth-order valence-corrected chi connectivity index (χ4v) is 2.76. The molecule has 0 radical (unpaired) electrons. The summed E-state index contributed by atoms with van der Waals surface area (Å²) in [5.74, 6) is -0.746. The molecular formula is C18H11BrCl2N2O3. The Morgan fingerprint density at radius 1 is 1.23 bits per heavy atom. The zero-order valence-corrected chi connectivity index (χ0v) is 16.4. The van der Waals surface area contributed by atoms with Gasteiger partial charge in [0.15, 0.2) is 0 Å². The summed E-state index contributed by atoms with van der Waals surface area (Å²) in [5.41, 5.74) is 0.738. The average Bonchev–Trinajstić information content (AvgIpc) is 2.57. The first-order valence-corrected chi connectivity index (χ1v) is 8.71. The maximum absolute atomic E-state index is 12.3. The predicted molar refractivity (Wildman–Crippen MR) is 104 cm³/mol. The molecule has 0 aliphatic carbocycles. The Kier molecular flexibility index (Phi) is 6.81. The SMILES string of the molecule is CC(=O)Oc1ccc(/C=C(/C#N)C(=O)Nc2cc(Cl)ccc2Cl)cc1Br. The van der Waals surface area contributed by atoms with E-state index in [2.05, 4.69) is 21.2 Å². The monoisotopic (exact) mass is 452 g/mol. The van der Waals surface area contributed by atoms with Crippen molar-refractivity contribution in [2.45, 2.75) is 6.92 Å². The van der Waals surface area contributed by atoms with Crippen LogP contribution in [0.15, 0.2) is 46.4 Å². The minimum atomic E-state index is -0.628. The number of amides is 1. The van der Waals surface area contributed by atoms with Crippen LogP contribution in [0.4, 0.5) is 5.69 Å². The Labute approximate surface area is 168 Å². The van der Waals surface area contributed by atoms with E-state index in [1.165, 1.54) is 19.1 Å². The van der Waals surface area contributed by atoms with Crippen LogP contribution in [-0.2, 0) is 9.59 Å².